The number of nitrogens with one attached hydrogen (secondary N) is 1. The highest BCUT2D eigenvalue weighted by molar-refractivity contribution is 5.82. The first-order valence-electron chi connectivity index (χ1n) is 10.7. The van der Waals surface area contributed by atoms with Gasteiger partial charge < -0.3 is 24.6 Å². The summed E-state index contributed by atoms with van der Waals surface area (Å²) in [4.78, 5) is 21.5. The minimum absolute atomic E-state index is 0.150. The van der Waals surface area contributed by atoms with E-state index in [2.05, 4.69) is 35.3 Å². The third-order valence-electron chi connectivity index (χ3n) is 5.57. The van der Waals surface area contributed by atoms with Crippen molar-refractivity contribution >= 4 is 11.9 Å². The number of rotatable bonds is 6. The average Bonchev–Trinajstić information content (AvgIpc) is 3.29. The Hall–Kier alpha value is -2.28. The molecule has 2 aliphatic heterocycles. The smallest absolute Gasteiger partial charge is 0.251 e. The second-order valence-electron chi connectivity index (χ2n) is 7.60. The van der Waals surface area contributed by atoms with Crippen molar-refractivity contribution in [1.29, 1.82) is 0 Å². The van der Waals surface area contributed by atoms with Gasteiger partial charge in [-0.3, -0.25) is 9.79 Å². The Kier molecular flexibility index (Phi) is 7.75. The molecule has 0 radical (unpaired) electrons. The van der Waals surface area contributed by atoms with Crippen LogP contribution in [-0.4, -0.2) is 80.8 Å². The number of benzene rings is 1. The first kappa shape index (κ1) is 21.4. The van der Waals surface area contributed by atoms with Gasteiger partial charge in [0.15, 0.2) is 5.96 Å². The molecule has 1 aromatic carbocycles. The van der Waals surface area contributed by atoms with E-state index in [4.69, 9.17) is 14.5 Å². The summed E-state index contributed by atoms with van der Waals surface area (Å²) in [6.07, 6.45) is 2.48. The summed E-state index contributed by atoms with van der Waals surface area (Å²) in [5, 5.41) is 3.39. The van der Waals surface area contributed by atoms with Gasteiger partial charge in [0, 0.05) is 45.9 Å². The molecule has 0 saturated carbocycles. The molecule has 2 fully saturated rings. The average molecular weight is 403 g/mol. The van der Waals surface area contributed by atoms with E-state index in [1.54, 1.807) is 7.11 Å². The van der Waals surface area contributed by atoms with Crippen LogP contribution in [0.3, 0.4) is 0 Å². The summed E-state index contributed by atoms with van der Waals surface area (Å²) in [6, 6.07) is 6.32. The number of aryl methyl sites for hydroxylation is 1. The minimum Gasteiger partial charge on any atom is -0.496 e. The quantitative estimate of drug-likeness (QED) is 0.581. The van der Waals surface area contributed by atoms with Gasteiger partial charge >= 0.3 is 0 Å². The largest absolute Gasteiger partial charge is 0.496 e. The molecule has 160 valence electrons. The molecule has 0 aliphatic carbocycles. The number of hydrogen-bond acceptors (Lipinski definition) is 4. The van der Waals surface area contributed by atoms with Crippen LogP contribution in [0.5, 0.6) is 5.75 Å². The molecule has 2 heterocycles. The first-order chi connectivity index (χ1) is 14.1. The van der Waals surface area contributed by atoms with Gasteiger partial charge in [0.05, 0.1) is 7.11 Å². The van der Waals surface area contributed by atoms with Crippen molar-refractivity contribution in [2.75, 3.05) is 53.0 Å². The van der Waals surface area contributed by atoms with E-state index in [1.807, 2.05) is 11.8 Å². The van der Waals surface area contributed by atoms with Crippen molar-refractivity contribution in [3.63, 3.8) is 0 Å². The molecule has 2 saturated heterocycles. The molecular formula is C22H34N4O3. The highest BCUT2D eigenvalue weighted by Crippen LogP contribution is 2.19. The first-order valence-corrected chi connectivity index (χ1v) is 10.7. The maximum atomic E-state index is 12.5. The van der Waals surface area contributed by atoms with E-state index < -0.39 is 0 Å². The number of guanidine groups is 1. The van der Waals surface area contributed by atoms with Crippen molar-refractivity contribution in [1.82, 2.24) is 15.1 Å². The lowest BCUT2D eigenvalue weighted by Crippen LogP contribution is -2.55. The topological polar surface area (TPSA) is 66.4 Å². The Bertz CT molecular complexity index is 708. The molecule has 2 aliphatic rings. The van der Waals surface area contributed by atoms with Crippen LogP contribution in [0.1, 0.15) is 30.9 Å². The number of piperazine rings is 1. The van der Waals surface area contributed by atoms with Crippen LogP contribution in [0.25, 0.3) is 0 Å². The summed E-state index contributed by atoms with van der Waals surface area (Å²) < 4.78 is 11.0. The summed E-state index contributed by atoms with van der Waals surface area (Å²) in [7, 11) is 1.71. The molecule has 1 N–H and O–H groups in total. The zero-order valence-corrected chi connectivity index (χ0v) is 17.9. The molecule has 7 nitrogen and oxygen atoms in total. The van der Waals surface area contributed by atoms with Crippen LogP contribution >= 0.6 is 0 Å². The molecule has 1 atom stereocenters. The van der Waals surface area contributed by atoms with Gasteiger partial charge in [-0.15, -0.1) is 0 Å². The molecule has 0 aromatic heterocycles. The van der Waals surface area contributed by atoms with Gasteiger partial charge in [0.2, 0.25) is 0 Å². The maximum Gasteiger partial charge on any atom is 0.251 e. The van der Waals surface area contributed by atoms with Gasteiger partial charge in [-0.1, -0.05) is 12.1 Å². The van der Waals surface area contributed by atoms with Crippen molar-refractivity contribution in [2.45, 2.75) is 39.2 Å². The van der Waals surface area contributed by atoms with Gasteiger partial charge in [0.25, 0.3) is 5.91 Å². The third kappa shape index (κ3) is 5.63. The van der Waals surface area contributed by atoms with Crippen molar-refractivity contribution in [3.8, 4) is 5.75 Å². The SMILES string of the molecule is CCNC(=NCCc1ccc(C)c(OC)c1)N1CCN(C(=O)C2CCCO2)CC1. The van der Waals surface area contributed by atoms with Gasteiger partial charge in [0.1, 0.15) is 11.9 Å². The van der Waals surface area contributed by atoms with E-state index in [0.717, 1.165) is 69.3 Å². The number of carbonyl (C=O) groups excluding carboxylic acids is 1. The summed E-state index contributed by atoms with van der Waals surface area (Å²) in [5.41, 5.74) is 2.36. The van der Waals surface area contributed by atoms with Crippen LogP contribution in [0, 0.1) is 6.92 Å². The molecule has 0 bridgehead atoms. The highest BCUT2D eigenvalue weighted by atomic mass is 16.5. The number of aliphatic imine (C=N–C) groups is 1. The second kappa shape index (κ2) is 10.5. The van der Waals surface area contributed by atoms with Gasteiger partial charge in [-0.2, -0.15) is 0 Å². The highest BCUT2D eigenvalue weighted by Gasteiger charge is 2.30. The number of hydrogen-bond donors (Lipinski definition) is 1. The van der Waals surface area contributed by atoms with E-state index >= 15 is 0 Å². The van der Waals surface area contributed by atoms with E-state index in [9.17, 15) is 4.79 Å². The summed E-state index contributed by atoms with van der Waals surface area (Å²) >= 11 is 0. The molecule has 1 aromatic rings. The predicted molar refractivity (Wildman–Crippen MR) is 115 cm³/mol. The molecular weight excluding hydrogens is 368 g/mol. The van der Waals surface area contributed by atoms with Crippen LogP contribution in [0.4, 0.5) is 0 Å². The van der Waals surface area contributed by atoms with Crippen molar-refractivity contribution in [2.24, 2.45) is 4.99 Å². The number of nitrogens with zero attached hydrogens (tertiary/aromatic N) is 3. The molecule has 1 unspecified atom stereocenters. The summed E-state index contributed by atoms with van der Waals surface area (Å²) in [6.45, 7) is 9.41. The fraction of sp³-hybridized carbons (Fsp3) is 0.636. The second-order valence-corrected chi connectivity index (χ2v) is 7.60. The van der Waals surface area contributed by atoms with Crippen molar-refractivity contribution in [3.05, 3.63) is 29.3 Å². The van der Waals surface area contributed by atoms with Crippen LogP contribution in [-0.2, 0) is 16.0 Å². The Morgan fingerprint density at radius 3 is 2.69 bits per heavy atom. The lowest BCUT2D eigenvalue weighted by molar-refractivity contribution is -0.142. The summed E-state index contributed by atoms with van der Waals surface area (Å²) in [5.74, 6) is 2.00. The van der Waals surface area contributed by atoms with Gasteiger partial charge in [-0.05, 0) is 50.3 Å². The fourth-order valence-electron chi connectivity index (χ4n) is 3.85. The number of amides is 1. The normalized spacial score (nSPS) is 20.1. The Balaban J connectivity index is 1.53. The number of methoxy groups -OCH3 is 1. The Morgan fingerprint density at radius 1 is 1.28 bits per heavy atom. The zero-order chi connectivity index (χ0) is 20.6. The molecule has 3 rings (SSSR count). The number of ether oxygens (including phenoxy) is 2. The third-order valence-corrected chi connectivity index (χ3v) is 5.57. The maximum absolute atomic E-state index is 12.5. The zero-order valence-electron chi connectivity index (χ0n) is 17.9. The van der Waals surface area contributed by atoms with Crippen LogP contribution in [0.2, 0.25) is 0 Å². The lowest BCUT2D eigenvalue weighted by atomic mass is 10.1. The van der Waals surface area contributed by atoms with E-state index in [0.29, 0.717) is 13.2 Å². The van der Waals surface area contributed by atoms with Crippen LogP contribution < -0.4 is 10.1 Å². The lowest BCUT2D eigenvalue weighted by Gasteiger charge is -2.37. The predicted octanol–water partition coefficient (Wildman–Crippen LogP) is 1.83. The van der Waals surface area contributed by atoms with Gasteiger partial charge in [-0.25, -0.2) is 0 Å². The minimum atomic E-state index is -0.227. The Morgan fingerprint density at radius 2 is 2.03 bits per heavy atom. The van der Waals surface area contributed by atoms with E-state index in [1.165, 1.54) is 5.56 Å². The molecule has 1 amide bonds. The Labute approximate surface area is 174 Å². The standard InChI is InChI=1S/C22H34N4O3/c1-4-23-22(24-10-9-18-8-7-17(2)20(16-18)28-3)26-13-11-25(12-14-26)21(27)19-6-5-15-29-19/h7-8,16,19H,4-6,9-15H2,1-3H3,(H,23,24). The van der Waals surface area contributed by atoms with E-state index in [-0.39, 0.29) is 12.0 Å². The number of carbonyl (C=O) groups is 1. The molecule has 29 heavy (non-hydrogen) atoms. The fourth-order valence-corrected chi connectivity index (χ4v) is 3.85. The molecule has 7 heteroatoms. The molecule has 0 spiro atoms. The van der Waals surface area contributed by atoms with Crippen molar-refractivity contribution < 1.29 is 14.3 Å². The van der Waals surface area contributed by atoms with Crippen LogP contribution in [0.15, 0.2) is 23.2 Å². The monoisotopic (exact) mass is 402 g/mol.